The van der Waals surface area contributed by atoms with Crippen LogP contribution in [0.25, 0.3) is 0 Å². The summed E-state index contributed by atoms with van der Waals surface area (Å²) in [6.45, 7) is 5.87. The van der Waals surface area contributed by atoms with Gasteiger partial charge in [0, 0.05) is 24.6 Å². The second-order valence-corrected chi connectivity index (χ2v) is 6.15. The van der Waals surface area contributed by atoms with Gasteiger partial charge in [0.2, 0.25) is 0 Å². The molecule has 0 aliphatic carbocycles. The van der Waals surface area contributed by atoms with Gasteiger partial charge in [-0.15, -0.1) is 0 Å². The van der Waals surface area contributed by atoms with Gasteiger partial charge in [-0.05, 0) is 35.2 Å². The quantitative estimate of drug-likeness (QED) is 0.893. The average molecular weight is 299 g/mol. The minimum Gasteiger partial charge on any atom is -0.493 e. The number of nitrogens with one attached hydrogen (secondary N) is 1. The molecule has 2 aromatic rings. The number of fused-ring (bicyclic) bond motifs is 1. The minimum atomic E-state index is -0.193. The van der Waals surface area contributed by atoms with Gasteiger partial charge in [0.05, 0.1) is 6.61 Å². The van der Waals surface area contributed by atoms with Crippen molar-refractivity contribution in [3.8, 4) is 5.75 Å². The first kappa shape index (κ1) is 15.0. The molecular weight excluding hydrogens is 277 g/mol. The molecule has 1 heterocycles. The summed E-state index contributed by atoms with van der Waals surface area (Å²) < 4.78 is 18.7. The van der Waals surface area contributed by atoms with Crippen LogP contribution < -0.4 is 10.1 Å². The Morgan fingerprint density at radius 2 is 1.95 bits per heavy atom. The molecule has 1 atom stereocenters. The number of ether oxygens (including phenoxy) is 1. The van der Waals surface area contributed by atoms with Crippen LogP contribution in [0.5, 0.6) is 5.75 Å². The molecule has 22 heavy (non-hydrogen) atoms. The van der Waals surface area contributed by atoms with Crippen molar-refractivity contribution in [3.63, 3.8) is 0 Å². The Hall–Kier alpha value is -1.87. The number of hydrogen-bond acceptors (Lipinski definition) is 2. The Balaban J connectivity index is 1.75. The maximum absolute atomic E-state index is 13.0. The molecule has 1 aliphatic rings. The Morgan fingerprint density at radius 3 is 2.68 bits per heavy atom. The van der Waals surface area contributed by atoms with E-state index in [-0.39, 0.29) is 11.9 Å². The second-order valence-electron chi connectivity index (χ2n) is 6.15. The van der Waals surface area contributed by atoms with Crippen molar-refractivity contribution in [1.29, 1.82) is 0 Å². The number of rotatable bonds is 4. The molecule has 1 N–H and O–H groups in total. The molecule has 0 saturated carbocycles. The van der Waals surface area contributed by atoms with Crippen molar-refractivity contribution >= 4 is 0 Å². The van der Waals surface area contributed by atoms with Crippen molar-refractivity contribution in [2.45, 2.75) is 38.8 Å². The minimum absolute atomic E-state index is 0.193. The molecule has 3 rings (SSSR count). The smallest absolute Gasteiger partial charge is 0.124 e. The Bertz CT molecular complexity index is 636. The third-order valence-electron chi connectivity index (χ3n) is 4.21. The van der Waals surface area contributed by atoms with Crippen LogP contribution in [0.3, 0.4) is 0 Å². The fourth-order valence-corrected chi connectivity index (χ4v) is 2.83. The predicted molar refractivity (Wildman–Crippen MR) is 86.6 cm³/mol. The molecule has 2 nitrogen and oxygen atoms in total. The topological polar surface area (TPSA) is 21.3 Å². The summed E-state index contributed by atoms with van der Waals surface area (Å²) in [5.41, 5.74) is 3.66. The normalized spacial score (nSPS) is 17.2. The number of benzene rings is 2. The van der Waals surface area contributed by atoms with E-state index in [1.54, 1.807) is 0 Å². The van der Waals surface area contributed by atoms with Crippen LogP contribution in [-0.4, -0.2) is 6.61 Å². The van der Waals surface area contributed by atoms with E-state index < -0.39 is 0 Å². The standard InChI is InChI=1S/C19H22FNO/c1-13(2)15-5-8-19-17(11-15)18(9-10-22-19)21-12-14-3-6-16(20)7-4-14/h3-8,11,13,18,21H,9-10,12H2,1-2H3. The van der Waals surface area contributed by atoms with E-state index in [1.165, 1.54) is 23.3 Å². The highest BCUT2D eigenvalue weighted by atomic mass is 19.1. The van der Waals surface area contributed by atoms with Crippen LogP contribution in [0.15, 0.2) is 42.5 Å². The summed E-state index contributed by atoms with van der Waals surface area (Å²) in [6, 6.07) is 13.4. The first-order valence-electron chi connectivity index (χ1n) is 7.88. The maximum Gasteiger partial charge on any atom is 0.124 e. The second kappa shape index (κ2) is 6.49. The highest BCUT2D eigenvalue weighted by Crippen LogP contribution is 2.34. The van der Waals surface area contributed by atoms with Crippen molar-refractivity contribution in [3.05, 3.63) is 65.0 Å². The molecule has 116 valence electrons. The van der Waals surface area contributed by atoms with Crippen LogP contribution in [0.1, 0.15) is 48.9 Å². The van der Waals surface area contributed by atoms with Crippen LogP contribution in [-0.2, 0) is 6.54 Å². The lowest BCUT2D eigenvalue weighted by Crippen LogP contribution is -2.27. The predicted octanol–water partition coefficient (Wildman–Crippen LogP) is 4.56. The number of halogens is 1. The molecule has 0 aromatic heterocycles. The lowest BCUT2D eigenvalue weighted by Gasteiger charge is -2.28. The summed E-state index contributed by atoms with van der Waals surface area (Å²) in [7, 11) is 0. The van der Waals surface area contributed by atoms with Gasteiger partial charge in [-0.3, -0.25) is 0 Å². The van der Waals surface area contributed by atoms with Crippen molar-refractivity contribution in [2.24, 2.45) is 0 Å². The van der Waals surface area contributed by atoms with E-state index in [0.717, 1.165) is 30.9 Å². The molecule has 0 fully saturated rings. The van der Waals surface area contributed by atoms with E-state index >= 15 is 0 Å². The fraction of sp³-hybridized carbons (Fsp3) is 0.368. The third-order valence-corrected chi connectivity index (χ3v) is 4.21. The summed E-state index contributed by atoms with van der Waals surface area (Å²) in [4.78, 5) is 0. The zero-order valence-electron chi connectivity index (χ0n) is 13.1. The molecule has 2 aromatic carbocycles. The Morgan fingerprint density at radius 1 is 1.18 bits per heavy atom. The van der Waals surface area contributed by atoms with Gasteiger partial charge in [-0.2, -0.15) is 0 Å². The lowest BCUT2D eigenvalue weighted by atomic mass is 9.94. The van der Waals surface area contributed by atoms with Gasteiger partial charge in [-0.1, -0.05) is 38.1 Å². The van der Waals surface area contributed by atoms with Crippen LogP contribution in [0, 0.1) is 5.82 Å². The molecule has 0 bridgehead atoms. The third kappa shape index (κ3) is 3.30. The van der Waals surface area contributed by atoms with E-state index in [2.05, 4.69) is 37.4 Å². The van der Waals surface area contributed by atoms with Crippen molar-refractivity contribution in [2.75, 3.05) is 6.61 Å². The average Bonchev–Trinajstić information content (AvgIpc) is 2.53. The Labute approximate surface area is 131 Å². The van der Waals surface area contributed by atoms with Crippen LogP contribution in [0.2, 0.25) is 0 Å². The molecule has 0 spiro atoms. The molecule has 0 radical (unpaired) electrons. The van der Waals surface area contributed by atoms with Crippen molar-refractivity contribution < 1.29 is 9.13 Å². The van der Waals surface area contributed by atoms with Crippen molar-refractivity contribution in [1.82, 2.24) is 5.32 Å². The van der Waals surface area contributed by atoms with Gasteiger partial charge < -0.3 is 10.1 Å². The summed E-state index contributed by atoms with van der Waals surface area (Å²) >= 11 is 0. The monoisotopic (exact) mass is 299 g/mol. The maximum atomic E-state index is 13.0. The summed E-state index contributed by atoms with van der Waals surface area (Å²) in [6.07, 6.45) is 0.954. The van der Waals surface area contributed by atoms with Gasteiger partial charge in [-0.25, -0.2) is 4.39 Å². The van der Waals surface area contributed by atoms with Crippen LogP contribution >= 0.6 is 0 Å². The van der Waals surface area contributed by atoms with Gasteiger partial charge in [0.1, 0.15) is 11.6 Å². The molecule has 3 heteroatoms. The van der Waals surface area contributed by atoms with E-state index in [9.17, 15) is 4.39 Å². The van der Waals surface area contributed by atoms with E-state index in [1.807, 2.05) is 12.1 Å². The number of hydrogen-bond donors (Lipinski definition) is 1. The fourth-order valence-electron chi connectivity index (χ4n) is 2.83. The molecule has 1 aliphatic heterocycles. The first-order chi connectivity index (χ1) is 10.6. The molecule has 1 unspecified atom stereocenters. The lowest BCUT2D eigenvalue weighted by molar-refractivity contribution is 0.252. The summed E-state index contributed by atoms with van der Waals surface area (Å²) in [5.74, 6) is 1.29. The largest absolute Gasteiger partial charge is 0.493 e. The summed E-state index contributed by atoms with van der Waals surface area (Å²) in [5, 5.41) is 3.58. The SMILES string of the molecule is CC(C)c1ccc2c(c1)C(NCc1ccc(F)cc1)CCO2. The molecule has 0 amide bonds. The van der Waals surface area contributed by atoms with Gasteiger partial charge >= 0.3 is 0 Å². The zero-order chi connectivity index (χ0) is 15.5. The molecule has 0 saturated heterocycles. The van der Waals surface area contributed by atoms with Crippen LogP contribution in [0.4, 0.5) is 4.39 Å². The van der Waals surface area contributed by atoms with Gasteiger partial charge in [0.15, 0.2) is 0 Å². The molecular formula is C19H22FNO. The van der Waals surface area contributed by atoms with Gasteiger partial charge in [0.25, 0.3) is 0 Å². The van der Waals surface area contributed by atoms with E-state index in [0.29, 0.717) is 5.92 Å². The highest BCUT2D eigenvalue weighted by Gasteiger charge is 2.21. The zero-order valence-corrected chi connectivity index (χ0v) is 13.1. The first-order valence-corrected chi connectivity index (χ1v) is 7.88. The highest BCUT2D eigenvalue weighted by molar-refractivity contribution is 5.41. The Kier molecular flexibility index (Phi) is 4.44. The van der Waals surface area contributed by atoms with E-state index in [4.69, 9.17) is 4.74 Å².